The Hall–Kier alpha value is -2.15. The summed E-state index contributed by atoms with van der Waals surface area (Å²) in [5, 5.41) is 18.9. The SMILES string of the molecule is C=Cc1cc(Cl)nc(CC2(C(=O)O)CCN(C(=O)O)C(C)C2)c1F. The molecule has 130 valence electrons. The van der Waals surface area contributed by atoms with E-state index in [1.165, 1.54) is 17.0 Å². The number of nitrogens with zero attached hydrogens (tertiary/aromatic N) is 2. The third kappa shape index (κ3) is 3.36. The highest BCUT2D eigenvalue weighted by Gasteiger charge is 2.46. The lowest BCUT2D eigenvalue weighted by molar-refractivity contribution is -0.153. The lowest BCUT2D eigenvalue weighted by Gasteiger charge is -2.41. The van der Waals surface area contributed by atoms with Crippen molar-refractivity contribution in [2.75, 3.05) is 6.54 Å². The van der Waals surface area contributed by atoms with E-state index in [0.29, 0.717) is 0 Å². The summed E-state index contributed by atoms with van der Waals surface area (Å²) in [5.41, 5.74) is -1.18. The van der Waals surface area contributed by atoms with Crippen LogP contribution in [0.2, 0.25) is 5.15 Å². The zero-order valence-electron chi connectivity index (χ0n) is 13.1. The Morgan fingerprint density at radius 3 is 2.75 bits per heavy atom. The molecule has 2 rings (SSSR count). The number of carbonyl (C=O) groups is 2. The summed E-state index contributed by atoms with van der Waals surface area (Å²) in [6, 6.07) is 0.824. The molecule has 0 saturated carbocycles. The first-order valence-corrected chi connectivity index (χ1v) is 7.78. The Kier molecular flexibility index (Phi) is 5.13. The van der Waals surface area contributed by atoms with Gasteiger partial charge >= 0.3 is 12.1 Å². The van der Waals surface area contributed by atoms with Crippen LogP contribution in [0.4, 0.5) is 9.18 Å². The number of carboxylic acids is 1. The van der Waals surface area contributed by atoms with Gasteiger partial charge in [0.25, 0.3) is 0 Å². The van der Waals surface area contributed by atoms with Gasteiger partial charge in [-0.3, -0.25) is 4.79 Å². The lowest BCUT2D eigenvalue weighted by Crippen LogP contribution is -2.51. The maximum Gasteiger partial charge on any atom is 0.407 e. The van der Waals surface area contributed by atoms with E-state index >= 15 is 0 Å². The van der Waals surface area contributed by atoms with Gasteiger partial charge in [-0.05, 0) is 25.8 Å². The molecule has 0 aliphatic carbocycles. The highest BCUT2D eigenvalue weighted by atomic mass is 35.5. The molecular formula is C16H18ClFN2O4. The van der Waals surface area contributed by atoms with Gasteiger partial charge < -0.3 is 15.1 Å². The molecule has 1 aliphatic rings. The molecule has 1 amide bonds. The van der Waals surface area contributed by atoms with Crippen molar-refractivity contribution in [2.24, 2.45) is 5.41 Å². The Balaban J connectivity index is 2.37. The van der Waals surface area contributed by atoms with Crippen molar-refractivity contribution in [3.05, 3.63) is 34.9 Å². The summed E-state index contributed by atoms with van der Waals surface area (Å²) in [6.45, 7) is 5.21. The van der Waals surface area contributed by atoms with Crippen LogP contribution in [0.25, 0.3) is 6.08 Å². The van der Waals surface area contributed by atoms with E-state index in [-0.39, 0.29) is 42.2 Å². The van der Waals surface area contributed by atoms with Crippen LogP contribution in [0, 0.1) is 11.2 Å². The van der Waals surface area contributed by atoms with Crippen LogP contribution in [-0.4, -0.2) is 44.7 Å². The largest absolute Gasteiger partial charge is 0.481 e. The zero-order valence-corrected chi connectivity index (χ0v) is 13.9. The topological polar surface area (TPSA) is 90.7 Å². The quantitative estimate of drug-likeness (QED) is 0.808. The number of amides is 1. The molecule has 1 aromatic rings. The fourth-order valence-electron chi connectivity index (χ4n) is 3.20. The standard InChI is InChI=1S/C16H18ClFN2O4/c1-3-10-6-12(17)19-11(13(10)18)8-16(14(21)22)4-5-20(15(23)24)9(2)7-16/h3,6,9H,1,4-5,7-8H2,2H3,(H,21,22)(H,23,24). The van der Waals surface area contributed by atoms with Gasteiger partial charge in [0, 0.05) is 24.6 Å². The smallest absolute Gasteiger partial charge is 0.407 e. The van der Waals surface area contributed by atoms with Crippen LogP contribution >= 0.6 is 11.6 Å². The molecule has 0 bridgehead atoms. The summed E-state index contributed by atoms with van der Waals surface area (Å²) in [7, 11) is 0. The minimum absolute atomic E-state index is 0.0456. The Bertz CT molecular complexity index is 697. The Morgan fingerprint density at radius 1 is 1.58 bits per heavy atom. The van der Waals surface area contributed by atoms with Crippen molar-refractivity contribution in [2.45, 2.75) is 32.2 Å². The molecule has 1 aliphatic heterocycles. The molecule has 2 heterocycles. The lowest BCUT2D eigenvalue weighted by atomic mass is 9.72. The van der Waals surface area contributed by atoms with Crippen molar-refractivity contribution < 1.29 is 24.2 Å². The van der Waals surface area contributed by atoms with Crippen molar-refractivity contribution in [3.63, 3.8) is 0 Å². The highest BCUT2D eigenvalue weighted by molar-refractivity contribution is 6.29. The molecule has 0 radical (unpaired) electrons. The van der Waals surface area contributed by atoms with E-state index in [9.17, 15) is 19.1 Å². The molecule has 6 nitrogen and oxygen atoms in total. The molecule has 1 saturated heterocycles. The number of halogens is 2. The predicted octanol–water partition coefficient (Wildman–Crippen LogP) is 3.29. The average molecular weight is 357 g/mol. The zero-order chi connectivity index (χ0) is 18.1. The molecule has 0 spiro atoms. The van der Waals surface area contributed by atoms with Gasteiger partial charge in [-0.1, -0.05) is 24.3 Å². The fourth-order valence-corrected chi connectivity index (χ4v) is 3.42. The molecule has 24 heavy (non-hydrogen) atoms. The monoisotopic (exact) mass is 356 g/mol. The number of carboxylic acid groups (broad SMARTS) is 2. The summed E-state index contributed by atoms with van der Waals surface area (Å²) < 4.78 is 14.5. The van der Waals surface area contributed by atoms with E-state index in [4.69, 9.17) is 16.7 Å². The van der Waals surface area contributed by atoms with Gasteiger partial charge in [0.2, 0.25) is 0 Å². The van der Waals surface area contributed by atoms with Crippen LogP contribution in [0.3, 0.4) is 0 Å². The molecule has 8 heteroatoms. The summed E-state index contributed by atoms with van der Waals surface area (Å²) in [4.78, 5) is 28.2. The van der Waals surface area contributed by atoms with Gasteiger partial charge in [0.1, 0.15) is 5.15 Å². The number of pyridine rings is 1. The highest BCUT2D eigenvalue weighted by Crippen LogP contribution is 2.39. The first-order valence-electron chi connectivity index (χ1n) is 7.40. The predicted molar refractivity (Wildman–Crippen MR) is 86.5 cm³/mol. The molecule has 2 N–H and O–H groups in total. The number of aliphatic carboxylic acids is 1. The van der Waals surface area contributed by atoms with Crippen molar-refractivity contribution in [3.8, 4) is 0 Å². The maximum absolute atomic E-state index is 14.5. The van der Waals surface area contributed by atoms with E-state index in [1.807, 2.05) is 0 Å². The molecular weight excluding hydrogens is 339 g/mol. The summed E-state index contributed by atoms with van der Waals surface area (Å²) in [6.07, 6.45) is 0.187. The molecule has 2 atom stereocenters. The number of likely N-dealkylation sites (tertiary alicyclic amines) is 1. The Labute approximate surface area is 143 Å². The number of hydrogen-bond donors (Lipinski definition) is 2. The van der Waals surface area contributed by atoms with E-state index < -0.39 is 29.3 Å². The van der Waals surface area contributed by atoms with Crippen LogP contribution in [-0.2, 0) is 11.2 Å². The molecule has 1 aromatic heterocycles. The van der Waals surface area contributed by atoms with Gasteiger partial charge in [0.15, 0.2) is 5.82 Å². The summed E-state index contributed by atoms with van der Waals surface area (Å²) >= 11 is 5.88. The minimum atomic E-state index is -1.29. The second-order valence-corrected chi connectivity index (χ2v) is 6.43. The van der Waals surface area contributed by atoms with Crippen LogP contribution in [0.1, 0.15) is 31.0 Å². The fraction of sp³-hybridized carbons (Fsp3) is 0.438. The van der Waals surface area contributed by atoms with Crippen molar-refractivity contribution in [1.29, 1.82) is 0 Å². The van der Waals surface area contributed by atoms with Crippen LogP contribution in [0.5, 0.6) is 0 Å². The molecule has 1 fully saturated rings. The van der Waals surface area contributed by atoms with E-state index in [0.717, 1.165) is 0 Å². The third-order valence-electron chi connectivity index (χ3n) is 4.50. The van der Waals surface area contributed by atoms with Gasteiger partial charge in [-0.15, -0.1) is 0 Å². The first-order chi connectivity index (χ1) is 11.2. The number of aromatic nitrogens is 1. The van der Waals surface area contributed by atoms with Crippen LogP contribution in [0.15, 0.2) is 12.6 Å². The second-order valence-electron chi connectivity index (χ2n) is 6.04. The summed E-state index contributed by atoms with van der Waals surface area (Å²) in [5.74, 6) is -1.75. The number of hydrogen-bond acceptors (Lipinski definition) is 3. The van der Waals surface area contributed by atoms with Crippen LogP contribution < -0.4 is 0 Å². The van der Waals surface area contributed by atoms with Crippen molar-refractivity contribution >= 4 is 29.7 Å². The van der Waals surface area contributed by atoms with Gasteiger partial charge in [0.05, 0.1) is 11.1 Å². The van der Waals surface area contributed by atoms with Gasteiger partial charge in [-0.2, -0.15) is 0 Å². The van der Waals surface area contributed by atoms with Crippen molar-refractivity contribution in [1.82, 2.24) is 9.88 Å². The maximum atomic E-state index is 14.5. The average Bonchev–Trinajstić information content (AvgIpc) is 2.50. The number of piperidine rings is 1. The molecule has 0 aromatic carbocycles. The van der Waals surface area contributed by atoms with E-state index in [1.54, 1.807) is 6.92 Å². The Morgan fingerprint density at radius 2 is 2.25 bits per heavy atom. The van der Waals surface area contributed by atoms with Gasteiger partial charge in [-0.25, -0.2) is 14.2 Å². The van der Waals surface area contributed by atoms with E-state index in [2.05, 4.69) is 11.6 Å². The first kappa shape index (κ1) is 18.2. The third-order valence-corrected chi connectivity index (χ3v) is 4.69. The second kappa shape index (κ2) is 6.76. The number of rotatable bonds is 4. The minimum Gasteiger partial charge on any atom is -0.481 e. The molecule has 2 unspecified atom stereocenters. The normalized spacial score (nSPS) is 23.8.